The molecule has 0 fully saturated rings. The maximum atomic E-state index is 14.9. The van der Waals surface area contributed by atoms with E-state index >= 15 is 0 Å². The predicted octanol–water partition coefficient (Wildman–Crippen LogP) is 4.99. The summed E-state index contributed by atoms with van der Waals surface area (Å²) in [4.78, 5) is 3.82. The fraction of sp³-hybridized carbons (Fsp3) is 0.421. The van der Waals surface area contributed by atoms with Crippen molar-refractivity contribution in [2.75, 3.05) is 29.0 Å². The van der Waals surface area contributed by atoms with Gasteiger partial charge in [0.05, 0.1) is 16.8 Å². The van der Waals surface area contributed by atoms with Crippen LogP contribution in [0.1, 0.15) is 27.7 Å². The van der Waals surface area contributed by atoms with Gasteiger partial charge in [0.2, 0.25) is 5.95 Å². The van der Waals surface area contributed by atoms with Crippen LogP contribution in [0.15, 0.2) is 12.1 Å². The molecule has 1 unspecified atom stereocenters. The van der Waals surface area contributed by atoms with Gasteiger partial charge in [-0.1, -0.05) is 20.8 Å². The van der Waals surface area contributed by atoms with Crippen LogP contribution in [0.25, 0.3) is 11.1 Å². The monoisotopic (exact) mass is 382 g/mol. The Labute approximate surface area is 155 Å². The van der Waals surface area contributed by atoms with Crippen LogP contribution in [0.4, 0.5) is 34.8 Å². The molecule has 8 heteroatoms. The smallest absolute Gasteiger partial charge is 0.225 e. The lowest BCUT2D eigenvalue weighted by atomic mass is 9.87. The quantitative estimate of drug-likeness (QED) is 0.517. The molecule has 146 valence electrons. The lowest BCUT2D eigenvalue weighted by molar-refractivity contribution is 0.359. The largest absolute Gasteiger partial charge is 0.380 e. The minimum atomic E-state index is -1.19. The summed E-state index contributed by atoms with van der Waals surface area (Å²) in [6.07, 6.45) is 0. The number of aromatic nitrogens is 1. The first kappa shape index (κ1) is 19.3. The number of fused-ring (bicyclic) bond motifs is 1. The van der Waals surface area contributed by atoms with E-state index in [1.165, 1.54) is 0 Å². The Morgan fingerprint density at radius 3 is 2.19 bits per heavy atom. The van der Waals surface area contributed by atoms with Crippen LogP contribution in [0.2, 0.25) is 0 Å². The van der Waals surface area contributed by atoms with Gasteiger partial charge < -0.3 is 16.0 Å². The lowest BCUT2D eigenvalue weighted by Gasteiger charge is -2.32. The minimum absolute atomic E-state index is 0.169. The highest BCUT2D eigenvalue weighted by atomic mass is 19.1. The second kappa shape index (κ2) is 6.90. The van der Waals surface area contributed by atoms with E-state index in [2.05, 4.69) is 20.9 Å². The summed E-state index contributed by atoms with van der Waals surface area (Å²) in [5.74, 6) is -4.24. The average Bonchev–Trinajstić information content (AvgIpc) is 2.55. The number of rotatable bonds is 3. The van der Waals surface area contributed by atoms with Crippen molar-refractivity contribution in [1.29, 1.82) is 0 Å². The second-order valence-corrected chi connectivity index (χ2v) is 7.71. The molecule has 0 aliphatic carbocycles. The third kappa shape index (κ3) is 3.65. The number of hydrogen-bond donors (Lipinski definition) is 3. The second-order valence-electron chi connectivity index (χ2n) is 7.71. The summed E-state index contributed by atoms with van der Waals surface area (Å²) in [7, 11) is 0. The van der Waals surface area contributed by atoms with E-state index in [1.807, 2.05) is 27.7 Å². The van der Waals surface area contributed by atoms with E-state index in [-0.39, 0.29) is 28.5 Å². The van der Waals surface area contributed by atoms with Gasteiger partial charge in [0.1, 0.15) is 23.1 Å². The zero-order valence-electron chi connectivity index (χ0n) is 15.6. The summed E-state index contributed by atoms with van der Waals surface area (Å²) in [6.45, 7) is 8.92. The highest BCUT2D eigenvalue weighted by Gasteiger charge is 2.30. The Hall–Kier alpha value is -2.51. The first-order valence-corrected chi connectivity index (χ1v) is 8.72. The van der Waals surface area contributed by atoms with Gasteiger partial charge in [-0.3, -0.25) is 0 Å². The number of nitrogens with one attached hydrogen (secondary N) is 3. The number of nitrogens with zero attached hydrogens (tertiary/aromatic N) is 1. The number of pyridine rings is 1. The maximum absolute atomic E-state index is 14.9. The fourth-order valence-corrected chi connectivity index (χ4v) is 2.81. The zero-order chi connectivity index (χ0) is 19.9. The highest BCUT2D eigenvalue weighted by Crippen LogP contribution is 2.44. The number of hydrogen-bond acceptors (Lipinski definition) is 4. The van der Waals surface area contributed by atoms with Crippen molar-refractivity contribution in [1.82, 2.24) is 4.98 Å². The van der Waals surface area contributed by atoms with Crippen molar-refractivity contribution in [2.45, 2.75) is 33.7 Å². The van der Waals surface area contributed by atoms with Crippen LogP contribution < -0.4 is 16.0 Å². The molecule has 1 aromatic heterocycles. The van der Waals surface area contributed by atoms with Gasteiger partial charge in [-0.25, -0.2) is 13.2 Å². The first-order valence-electron chi connectivity index (χ1n) is 8.72. The Morgan fingerprint density at radius 2 is 1.59 bits per heavy atom. The first-order chi connectivity index (χ1) is 12.6. The molecule has 4 nitrogen and oxygen atoms in total. The Balaban J connectivity index is 2.28. The maximum Gasteiger partial charge on any atom is 0.225 e. The zero-order valence-corrected chi connectivity index (χ0v) is 15.6. The average molecular weight is 382 g/mol. The van der Waals surface area contributed by atoms with Gasteiger partial charge in [0.25, 0.3) is 0 Å². The molecule has 1 aliphatic rings. The molecular weight excluding hydrogens is 360 g/mol. The number of halogens is 4. The SMILES string of the molecule is CC(Nc1c2c(nc(F)c1-c1c(F)cc(F)cc1F)NCCN2)C(C)(C)C. The molecule has 2 aromatic rings. The topological polar surface area (TPSA) is 49.0 Å². The van der Waals surface area contributed by atoms with Crippen molar-refractivity contribution in [3.63, 3.8) is 0 Å². The standard InChI is InChI=1S/C19H22F4N4/c1-9(19(2,3)4)26-15-14(13-11(21)7-10(20)8-12(13)22)17(23)27-18-16(15)24-5-6-25-18/h7-9,24H,5-6H2,1-4H3,(H2,25,26,27). The van der Waals surface area contributed by atoms with Gasteiger partial charge in [-0.2, -0.15) is 9.37 Å². The molecule has 1 aliphatic heterocycles. The molecular formula is C19H22F4N4. The minimum Gasteiger partial charge on any atom is -0.380 e. The van der Waals surface area contributed by atoms with E-state index in [9.17, 15) is 17.6 Å². The summed E-state index contributed by atoms with van der Waals surface area (Å²) >= 11 is 0. The molecule has 0 saturated heterocycles. The molecule has 3 rings (SSSR count). The highest BCUT2D eigenvalue weighted by molar-refractivity contribution is 5.93. The molecule has 0 radical (unpaired) electrons. The van der Waals surface area contributed by atoms with Crippen LogP contribution >= 0.6 is 0 Å². The third-order valence-electron chi connectivity index (χ3n) is 4.79. The molecule has 27 heavy (non-hydrogen) atoms. The summed E-state index contributed by atoms with van der Waals surface area (Å²) in [6, 6.07) is 0.886. The van der Waals surface area contributed by atoms with Crippen LogP contribution in [-0.2, 0) is 0 Å². The Bertz CT molecular complexity index is 854. The molecule has 0 saturated carbocycles. The van der Waals surface area contributed by atoms with E-state index in [4.69, 9.17) is 0 Å². The molecule has 0 amide bonds. The number of benzene rings is 1. The summed E-state index contributed by atoms with van der Waals surface area (Å²) in [5, 5.41) is 9.25. The Morgan fingerprint density at radius 1 is 1.00 bits per heavy atom. The van der Waals surface area contributed by atoms with Crippen LogP contribution in [0, 0.1) is 28.8 Å². The summed E-state index contributed by atoms with van der Waals surface area (Å²) in [5.41, 5.74) is -0.615. The van der Waals surface area contributed by atoms with Gasteiger partial charge in [-0.15, -0.1) is 0 Å². The molecule has 2 heterocycles. The normalized spacial score (nSPS) is 14.8. The van der Waals surface area contributed by atoms with E-state index in [0.29, 0.717) is 30.9 Å². The van der Waals surface area contributed by atoms with E-state index in [1.54, 1.807) is 0 Å². The number of anilines is 3. The van der Waals surface area contributed by atoms with Gasteiger partial charge in [0, 0.05) is 31.3 Å². The molecule has 1 atom stereocenters. The van der Waals surface area contributed by atoms with Crippen LogP contribution in [-0.4, -0.2) is 24.1 Å². The van der Waals surface area contributed by atoms with Gasteiger partial charge in [-0.05, 0) is 12.3 Å². The molecule has 0 spiro atoms. The van der Waals surface area contributed by atoms with Crippen molar-refractivity contribution in [2.24, 2.45) is 5.41 Å². The van der Waals surface area contributed by atoms with Crippen molar-refractivity contribution in [3.8, 4) is 11.1 Å². The third-order valence-corrected chi connectivity index (χ3v) is 4.79. The molecule has 0 bridgehead atoms. The van der Waals surface area contributed by atoms with Crippen molar-refractivity contribution >= 4 is 17.2 Å². The van der Waals surface area contributed by atoms with Gasteiger partial charge >= 0.3 is 0 Å². The molecule has 1 aromatic carbocycles. The fourth-order valence-electron chi connectivity index (χ4n) is 2.81. The van der Waals surface area contributed by atoms with Crippen molar-refractivity contribution < 1.29 is 17.6 Å². The Kier molecular flexibility index (Phi) is 4.92. The van der Waals surface area contributed by atoms with E-state index < -0.39 is 29.0 Å². The molecule has 3 N–H and O–H groups in total. The lowest BCUT2D eigenvalue weighted by Crippen LogP contribution is -2.32. The van der Waals surface area contributed by atoms with E-state index in [0.717, 1.165) is 0 Å². The van der Waals surface area contributed by atoms with Gasteiger partial charge in [0.15, 0.2) is 5.82 Å². The van der Waals surface area contributed by atoms with Crippen molar-refractivity contribution in [3.05, 3.63) is 35.5 Å². The predicted molar refractivity (Wildman–Crippen MR) is 99.0 cm³/mol. The van der Waals surface area contributed by atoms with Crippen LogP contribution in [0.5, 0.6) is 0 Å². The van der Waals surface area contributed by atoms with Crippen LogP contribution in [0.3, 0.4) is 0 Å². The summed E-state index contributed by atoms with van der Waals surface area (Å²) < 4.78 is 57.1.